The molecular formula is C13H26O. The molecule has 0 aromatic rings. The molecule has 0 aliphatic carbocycles. The summed E-state index contributed by atoms with van der Waals surface area (Å²) in [6.45, 7) is 6.48. The van der Waals surface area contributed by atoms with Crippen LogP contribution in [0.3, 0.4) is 0 Å². The van der Waals surface area contributed by atoms with Crippen molar-refractivity contribution in [2.75, 3.05) is 0 Å². The highest BCUT2D eigenvalue weighted by Gasteiger charge is 2.15. The molecule has 0 amide bonds. The van der Waals surface area contributed by atoms with Crippen LogP contribution >= 0.6 is 0 Å². The maximum absolute atomic E-state index is 11.8. The molecule has 0 radical (unpaired) electrons. The van der Waals surface area contributed by atoms with Gasteiger partial charge in [-0.1, -0.05) is 46.5 Å². The molecule has 0 aliphatic heterocycles. The molecule has 1 nitrogen and oxygen atoms in total. The third-order valence-electron chi connectivity index (χ3n) is 2.76. The molecule has 0 aliphatic rings. The molecule has 14 heavy (non-hydrogen) atoms. The summed E-state index contributed by atoms with van der Waals surface area (Å²) in [5.74, 6) is 0.879. The molecule has 0 saturated heterocycles. The summed E-state index contributed by atoms with van der Waals surface area (Å²) in [6, 6.07) is 0. The second-order valence-corrected chi connectivity index (χ2v) is 4.20. The Balaban J connectivity index is 3.88. The Morgan fingerprint density at radius 2 is 1.43 bits per heavy atom. The maximum Gasteiger partial charge on any atom is 0.135 e. The van der Waals surface area contributed by atoms with Crippen molar-refractivity contribution in [3.63, 3.8) is 0 Å². The van der Waals surface area contributed by atoms with Crippen molar-refractivity contribution in [3.8, 4) is 0 Å². The highest BCUT2D eigenvalue weighted by atomic mass is 16.1. The van der Waals surface area contributed by atoms with E-state index < -0.39 is 0 Å². The summed E-state index contributed by atoms with van der Waals surface area (Å²) in [4.78, 5) is 11.8. The minimum Gasteiger partial charge on any atom is -0.299 e. The first-order chi connectivity index (χ1) is 6.76. The summed E-state index contributed by atoms with van der Waals surface area (Å²) in [7, 11) is 0. The van der Waals surface area contributed by atoms with E-state index in [2.05, 4.69) is 20.8 Å². The number of hydrogen-bond acceptors (Lipinski definition) is 1. The summed E-state index contributed by atoms with van der Waals surface area (Å²) in [5, 5.41) is 0. The maximum atomic E-state index is 11.8. The van der Waals surface area contributed by atoms with E-state index in [0.29, 0.717) is 11.7 Å². The van der Waals surface area contributed by atoms with E-state index in [4.69, 9.17) is 0 Å². The number of carbonyl (C=O) groups excluding carboxylic acids is 1. The van der Waals surface area contributed by atoms with E-state index in [1.54, 1.807) is 0 Å². The Labute approximate surface area is 89.3 Å². The average Bonchev–Trinajstić information content (AvgIpc) is 2.18. The van der Waals surface area contributed by atoms with Gasteiger partial charge < -0.3 is 0 Å². The van der Waals surface area contributed by atoms with Gasteiger partial charge in [-0.15, -0.1) is 0 Å². The Kier molecular flexibility index (Phi) is 9.02. The molecule has 0 aromatic carbocycles. The van der Waals surface area contributed by atoms with Crippen molar-refractivity contribution >= 4 is 5.78 Å². The highest BCUT2D eigenvalue weighted by Crippen LogP contribution is 2.19. The fraction of sp³-hybridized carbons (Fsp3) is 0.923. The lowest BCUT2D eigenvalue weighted by Crippen LogP contribution is -2.14. The second kappa shape index (κ2) is 9.23. The Hall–Kier alpha value is -0.330. The lowest BCUT2D eigenvalue weighted by molar-refractivity contribution is -0.123. The van der Waals surface area contributed by atoms with Crippen molar-refractivity contribution in [1.29, 1.82) is 0 Å². The van der Waals surface area contributed by atoms with Crippen molar-refractivity contribution in [2.45, 2.75) is 72.1 Å². The van der Waals surface area contributed by atoms with Gasteiger partial charge in [-0.3, -0.25) is 4.79 Å². The van der Waals surface area contributed by atoms with Crippen LogP contribution in [-0.2, 0) is 4.79 Å². The van der Waals surface area contributed by atoms with Crippen molar-refractivity contribution in [3.05, 3.63) is 0 Å². The number of hydrogen-bond donors (Lipinski definition) is 0. The summed E-state index contributed by atoms with van der Waals surface area (Å²) in [6.07, 6.45) is 8.88. The monoisotopic (exact) mass is 198 g/mol. The van der Waals surface area contributed by atoms with Crippen molar-refractivity contribution in [2.24, 2.45) is 5.92 Å². The second-order valence-electron chi connectivity index (χ2n) is 4.20. The first-order valence-electron chi connectivity index (χ1n) is 6.28. The van der Waals surface area contributed by atoms with Gasteiger partial charge in [0.25, 0.3) is 0 Å². The molecule has 84 valence electrons. The van der Waals surface area contributed by atoms with E-state index in [-0.39, 0.29) is 0 Å². The molecule has 0 N–H and O–H groups in total. The standard InChI is InChI=1S/C13H26O/c1-4-7-10-12(11-8-5-2)13(14)9-6-3/h12H,4-11H2,1-3H3. The molecule has 0 aromatic heterocycles. The van der Waals surface area contributed by atoms with Gasteiger partial charge in [-0.2, -0.15) is 0 Å². The van der Waals surface area contributed by atoms with Crippen LogP contribution in [0.25, 0.3) is 0 Å². The van der Waals surface area contributed by atoms with Gasteiger partial charge in [0.15, 0.2) is 0 Å². The summed E-state index contributed by atoms with van der Waals surface area (Å²) in [5.41, 5.74) is 0. The average molecular weight is 198 g/mol. The summed E-state index contributed by atoms with van der Waals surface area (Å²) < 4.78 is 0. The van der Waals surface area contributed by atoms with E-state index in [0.717, 1.165) is 25.7 Å². The highest BCUT2D eigenvalue weighted by molar-refractivity contribution is 5.80. The minimum atomic E-state index is 0.370. The van der Waals surface area contributed by atoms with Gasteiger partial charge in [-0.25, -0.2) is 0 Å². The van der Waals surface area contributed by atoms with E-state index in [1.807, 2.05) is 0 Å². The zero-order chi connectivity index (χ0) is 10.8. The third-order valence-corrected chi connectivity index (χ3v) is 2.76. The van der Waals surface area contributed by atoms with Crippen molar-refractivity contribution in [1.82, 2.24) is 0 Å². The van der Waals surface area contributed by atoms with E-state index in [1.165, 1.54) is 25.7 Å². The molecule has 1 heteroatoms. The van der Waals surface area contributed by atoms with E-state index >= 15 is 0 Å². The molecule has 0 heterocycles. The quantitative estimate of drug-likeness (QED) is 0.538. The van der Waals surface area contributed by atoms with Crippen LogP contribution in [0.1, 0.15) is 72.1 Å². The van der Waals surface area contributed by atoms with Gasteiger partial charge >= 0.3 is 0 Å². The van der Waals surface area contributed by atoms with Crippen LogP contribution in [0, 0.1) is 5.92 Å². The lowest BCUT2D eigenvalue weighted by Gasteiger charge is -2.14. The first-order valence-corrected chi connectivity index (χ1v) is 6.28. The van der Waals surface area contributed by atoms with Gasteiger partial charge in [0.2, 0.25) is 0 Å². The number of Topliss-reactive ketones (excluding diaryl/α,β-unsaturated/α-hetero) is 1. The van der Waals surface area contributed by atoms with Crippen LogP contribution in [0.15, 0.2) is 0 Å². The number of unbranched alkanes of at least 4 members (excludes halogenated alkanes) is 2. The Morgan fingerprint density at radius 1 is 0.929 bits per heavy atom. The molecule has 0 bridgehead atoms. The third kappa shape index (κ3) is 6.17. The zero-order valence-electron chi connectivity index (χ0n) is 10.1. The van der Waals surface area contributed by atoms with Crippen LogP contribution in [0.4, 0.5) is 0 Å². The number of rotatable bonds is 9. The molecule has 0 spiro atoms. The predicted molar refractivity (Wildman–Crippen MR) is 62.5 cm³/mol. The smallest absolute Gasteiger partial charge is 0.135 e. The van der Waals surface area contributed by atoms with Gasteiger partial charge in [0.05, 0.1) is 0 Å². The largest absolute Gasteiger partial charge is 0.299 e. The van der Waals surface area contributed by atoms with Gasteiger partial charge in [-0.05, 0) is 19.3 Å². The molecule has 0 unspecified atom stereocenters. The van der Waals surface area contributed by atoms with Crippen LogP contribution in [0.2, 0.25) is 0 Å². The SMILES string of the molecule is CCCCC(CCCC)C(=O)CCC. The zero-order valence-corrected chi connectivity index (χ0v) is 10.1. The topological polar surface area (TPSA) is 17.1 Å². The normalized spacial score (nSPS) is 10.9. The fourth-order valence-electron chi connectivity index (χ4n) is 1.82. The van der Waals surface area contributed by atoms with Gasteiger partial charge in [0.1, 0.15) is 5.78 Å². The predicted octanol–water partition coefficient (Wildman–Crippen LogP) is 4.35. The minimum absolute atomic E-state index is 0.370. The number of ketones is 1. The molecule has 0 atom stereocenters. The van der Waals surface area contributed by atoms with Crippen LogP contribution in [0.5, 0.6) is 0 Å². The Morgan fingerprint density at radius 3 is 1.79 bits per heavy atom. The molecule has 0 rings (SSSR count). The van der Waals surface area contributed by atoms with Crippen molar-refractivity contribution < 1.29 is 4.79 Å². The molecular weight excluding hydrogens is 172 g/mol. The van der Waals surface area contributed by atoms with Gasteiger partial charge in [0, 0.05) is 12.3 Å². The van der Waals surface area contributed by atoms with Crippen LogP contribution < -0.4 is 0 Å². The first kappa shape index (κ1) is 13.7. The van der Waals surface area contributed by atoms with Crippen LogP contribution in [-0.4, -0.2) is 5.78 Å². The summed E-state index contributed by atoms with van der Waals surface area (Å²) >= 11 is 0. The van der Waals surface area contributed by atoms with E-state index in [9.17, 15) is 4.79 Å². The Bertz CT molecular complexity index is 132. The lowest BCUT2D eigenvalue weighted by atomic mass is 9.90. The number of carbonyl (C=O) groups is 1. The molecule has 0 fully saturated rings. The molecule has 0 saturated carbocycles. The fourth-order valence-corrected chi connectivity index (χ4v) is 1.82.